The average Bonchev–Trinajstić information content (AvgIpc) is 3.19. The number of carbonyl (C=O) groups is 2. The lowest BCUT2D eigenvalue weighted by Crippen LogP contribution is -2.47. The molecule has 1 saturated heterocycles. The monoisotopic (exact) mass is 763 g/mol. The Hall–Kier alpha value is -2.56. The van der Waals surface area contributed by atoms with Crippen LogP contribution in [0, 0.1) is 5.41 Å². The quantitative estimate of drug-likeness (QED) is 0.0430. The molecule has 5 heteroatoms. The number of fused-ring (bicyclic) bond motifs is 1. The molecule has 1 heterocycles. The summed E-state index contributed by atoms with van der Waals surface area (Å²) in [6.07, 6.45) is 40.7. The maximum atomic E-state index is 13.9. The summed E-state index contributed by atoms with van der Waals surface area (Å²) in [5, 5.41) is 12.4. The van der Waals surface area contributed by atoms with Gasteiger partial charge in [-0.2, -0.15) is 0 Å². The van der Waals surface area contributed by atoms with Crippen LogP contribution in [0.5, 0.6) is 5.75 Å². The molecule has 0 unspecified atom stereocenters. The van der Waals surface area contributed by atoms with Crippen molar-refractivity contribution in [3.8, 4) is 5.75 Å². The van der Waals surface area contributed by atoms with Gasteiger partial charge in [-0.3, -0.25) is 9.59 Å². The van der Waals surface area contributed by atoms with Crippen LogP contribution in [-0.4, -0.2) is 17.0 Å². The molecule has 2 aromatic rings. The van der Waals surface area contributed by atoms with E-state index >= 15 is 0 Å². The number of phenolic OH excluding ortho intramolecular Hbond substituents is 1. The van der Waals surface area contributed by atoms with E-state index in [2.05, 4.69) is 13.8 Å². The number of carbonyl (C=O) groups excluding carboxylic acids is 2. The van der Waals surface area contributed by atoms with Gasteiger partial charge in [-0.25, -0.2) is 0 Å². The Balaban J connectivity index is 1.38. The number of phenols is 1. The van der Waals surface area contributed by atoms with Gasteiger partial charge in [0, 0.05) is 0 Å². The summed E-state index contributed by atoms with van der Waals surface area (Å²) in [5.74, 6) is -1.00. The number of unbranched alkanes of at least 4 members (excludes halogenated alkanes) is 30. The van der Waals surface area contributed by atoms with Crippen LogP contribution in [0.1, 0.15) is 244 Å². The maximum absolute atomic E-state index is 13.9. The van der Waals surface area contributed by atoms with Crippen LogP contribution in [0.4, 0.5) is 0 Å². The van der Waals surface area contributed by atoms with Gasteiger partial charge in [-0.05, 0) is 29.7 Å². The van der Waals surface area contributed by atoms with Crippen molar-refractivity contribution in [3.05, 3.63) is 42.0 Å². The minimum absolute atomic E-state index is 0.0348. The Morgan fingerprint density at radius 2 is 0.782 bits per heavy atom. The van der Waals surface area contributed by atoms with E-state index in [4.69, 9.17) is 9.47 Å². The van der Waals surface area contributed by atoms with Gasteiger partial charge < -0.3 is 14.6 Å². The molecule has 0 atom stereocenters. The number of cyclic esters (lactones) is 2. The van der Waals surface area contributed by atoms with Gasteiger partial charge in [0.2, 0.25) is 0 Å². The van der Waals surface area contributed by atoms with Gasteiger partial charge in [0.05, 0.1) is 5.56 Å². The minimum Gasteiger partial charge on any atom is -0.507 e. The molecule has 1 aliphatic heterocycles. The maximum Gasteiger partial charge on any atom is 0.326 e. The van der Waals surface area contributed by atoms with Crippen molar-refractivity contribution in [3.63, 3.8) is 0 Å². The third kappa shape index (κ3) is 18.1. The molecule has 2 aromatic carbocycles. The first kappa shape index (κ1) is 46.8. The van der Waals surface area contributed by atoms with E-state index in [-0.39, 0.29) is 5.75 Å². The topological polar surface area (TPSA) is 72.8 Å². The predicted octanol–water partition coefficient (Wildman–Crippen LogP) is 15.9. The van der Waals surface area contributed by atoms with E-state index in [1.54, 1.807) is 6.07 Å². The molecule has 0 aromatic heterocycles. The lowest BCUT2D eigenvalue weighted by atomic mass is 9.77. The SMILES string of the molecule is CCCCCCCCCCCCCCCCCCC1(CCCCCCCCCCCCCCCCCC)C(=O)OC(c2c(O)ccc3ccccc23)OC1=O. The number of rotatable bonds is 35. The fraction of sp³-hybridized carbons (Fsp3) is 0.760. The lowest BCUT2D eigenvalue weighted by Gasteiger charge is -2.37. The zero-order valence-electron chi connectivity index (χ0n) is 35.7. The second-order valence-electron chi connectivity index (χ2n) is 17.1. The van der Waals surface area contributed by atoms with Crippen LogP contribution in [-0.2, 0) is 19.1 Å². The minimum atomic E-state index is -1.26. The lowest BCUT2D eigenvalue weighted by molar-refractivity contribution is -0.227. The first-order chi connectivity index (χ1) is 27.0. The summed E-state index contributed by atoms with van der Waals surface area (Å²) in [6.45, 7) is 4.56. The molecular formula is C50H82O5. The average molecular weight is 763 g/mol. The fourth-order valence-electron chi connectivity index (χ4n) is 8.66. The molecule has 3 rings (SSSR count). The second kappa shape index (κ2) is 29.6. The normalized spacial score (nSPS) is 14.4. The molecule has 0 amide bonds. The first-order valence-corrected chi connectivity index (χ1v) is 23.7. The molecular weight excluding hydrogens is 681 g/mol. The fourth-order valence-corrected chi connectivity index (χ4v) is 8.66. The van der Waals surface area contributed by atoms with E-state index in [0.29, 0.717) is 18.4 Å². The van der Waals surface area contributed by atoms with Crippen molar-refractivity contribution in [2.24, 2.45) is 5.41 Å². The molecule has 0 bridgehead atoms. The van der Waals surface area contributed by atoms with Gasteiger partial charge in [-0.1, -0.05) is 250 Å². The van der Waals surface area contributed by atoms with E-state index in [0.717, 1.165) is 49.3 Å². The molecule has 312 valence electrons. The Labute approximate surface area is 337 Å². The second-order valence-corrected chi connectivity index (χ2v) is 17.1. The molecule has 0 radical (unpaired) electrons. The molecule has 1 N–H and O–H groups in total. The summed E-state index contributed by atoms with van der Waals surface area (Å²) < 4.78 is 11.9. The van der Waals surface area contributed by atoms with Gasteiger partial charge in [0.25, 0.3) is 6.29 Å². The van der Waals surface area contributed by atoms with Gasteiger partial charge in [0.1, 0.15) is 5.75 Å². The molecule has 0 saturated carbocycles. The summed E-state index contributed by atoms with van der Waals surface area (Å²) in [4.78, 5) is 27.9. The van der Waals surface area contributed by atoms with Gasteiger partial charge in [-0.15, -0.1) is 0 Å². The van der Waals surface area contributed by atoms with E-state index < -0.39 is 23.6 Å². The van der Waals surface area contributed by atoms with Crippen molar-refractivity contribution in [1.29, 1.82) is 0 Å². The van der Waals surface area contributed by atoms with E-state index in [1.807, 2.05) is 30.3 Å². The Morgan fingerprint density at radius 3 is 1.15 bits per heavy atom. The zero-order valence-corrected chi connectivity index (χ0v) is 35.7. The highest BCUT2D eigenvalue weighted by atomic mass is 16.7. The van der Waals surface area contributed by atoms with Crippen LogP contribution in [0.3, 0.4) is 0 Å². The number of benzene rings is 2. The third-order valence-corrected chi connectivity index (χ3v) is 12.3. The van der Waals surface area contributed by atoms with Crippen LogP contribution >= 0.6 is 0 Å². The van der Waals surface area contributed by atoms with Crippen LogP contribution in [0.2, 0.25) is 0 Å². The van der Waals surface area contributed by atoms with Crippen molar-refractivity contribution in [1.82, 2.24) is 0 Å². The van der Waals surface area contributed by atoms with Crippen molar-refractivity contribution < 1.29 is 24.2 Å². The highest BCUT2D eigenvalue weighted by Crippen LogP contribution is 2.45. The summed E-state index contributed by atoms with van der Waals surface area (Å²) >= 11 is 0. The van der Waals surface area contributed by atoms with Crippen LogP contribution in [0.15, 0.2) is 36.4 Å². The van der Waals surface area contributed by atoms with Gasteiger partial charge >= 0.3 is 11.9 Å². The predicted molar refractivity (Wildman–Crippen MR) is 231 cm³/mol. The van der Waals surface area contributed by atoms with Crippen molar-refractivity contribution in [2.45, 2.75) is 238 Å². The first-order valence-electron chi connectivity index (χ1n) is 23.7. The van der Waals surface area contributed by atoms with Crippen LogP contribution < -0.4 is 0 Å². The zero-order chi connectivity index (χ0) is 39.2. The number of hydrogen-bond donors (Lipinski definition) is 1. The molecule has 55 heavy (non-hydrogen) atoms. The number of ether oxygens (including phenoxy) is 2. The van der Waals surface area contributed by atoms with Gasteiger partial charge in [0.15, 0.2) is 5.41 Å². The van der Waals surface area contributed by atoms with E-state index in [9.17, 15) is 14.7 Å². The highest BCUT2D eigenvalue weighted by Gasteiger charge is 2.53. The van der Waals surface area contributed by atoms with Crippen molar-refractivity contribution >= 4 is 22.7 Å². The highest BCUT2D eigenvalue weighted by molar-refractivity contribution is 6.02. The standard InChI is InChI=1S/C50H82O5/c1-3-5-7-9-11-13-15-17-19-21-23-25-27-29-31-35-41-50(42-36-32-30-28-26-24-22-20-18-16-14-12-10-8-6-4-2)48(52)54-47(55-49(50)53)46-44-38-34-33-37-43(44)39-40-45(46)51/h33-34,37-40,47,51H,3-32,35-36,41-42H2,1-2H3. The van der Waals surface area contributed by atoms with E-state index in [1.165, 1.54) is 167 Å². The summed E-state index contributed by atoms with van der Waals surface area (Å²) in [7, 11) is 0. The molecule has 1 aliphatic rings. The van der Waals surface area contributed by atoms with Crippen LogP contribution in [0.25, 0.3) is 10.8 Å². The number of hydrogen-bond acceptors (Lipinski definition) is 5. The Kier molecular flexibility index (Phi) is 25.2. The molecule has 1 fully saturated rings. The Morgan fingerprint density at radius 1 is 0.455 bits per heavy atom. The van der Waals surface area contributed by atoms with Crippen molar-refractivity contribution in [2.75, 3.05) is 0 Å². The smallest absolute Gasteiger partial charge is 0.326 e. The molecule has 0 spiro atoms. The summed E-state index contributed by atoms with van der Waals surface area (Å²) in [6, 6.07) is 11.0. The molecule has 5 nitrogen and oxygen atoms in total. The number of esters is 2. The summed E-state index contributed by atoms with van der Waals surface area (Å²) in [5.41, 5.74) is -0.916. The Bertz CT molecular complexity index is 1230. The number of aromatic hydroxyl groups is 1. The third-order valence-electron chi connectivity index (χ3n) is 12.3. The molecule has 0 aliphatic carbocycles. The largest absolute Gasteiger partial charge is 0.507 e.